The van der Waals surface area contributed by atoms with Crippen molar-refractivity contribution in [2.45, 2.75) is 45.4 Å². The second-order valence-electron chi connectivity index (χ2n) is 9.60. The quantitative estimate of drug-likeness (QED) is 0.565. The molecule has 2 aromatic rings. The van der Waals surface area contributed by atoms with Crippen molar-refractivity contribution < 1.29 is 32.2 Å². The van der Waals surface area contributed by atoms with E-state index in [1.165, 1.54) is 19.2 Å². The summed E-state index contributed by atoms with van der Waals surface area (Å²) in [6.07, 6.45) is -3.65. The van der Waals surface area contributed by atoms with Crippen molar-refractivity contribution in [1.29, 1.82) is 5.26 Å². The number of Topliss-reactive ketones (excluding diaryl/α,β-unsaturated/α-hetero) is 1. The molecular formula is C27H25F3N2O4. The van der Waals surface area contributed by atoms with Gasteiger partial charge in [-0.05, 0) is 40.8 Å². The number of nitrogens with zero attached hydrogens (tertiary/aromatic N) is 1. The molecule has 9 heteroatoms. The van der Waals surface area contributed by atoms with Crippen molar-refractivity contribution in [2.75, 3.05) is 7.11 Å². The van der Waals surface area contributed by atoms with Crippen molar-refractivity contribution in [3.8, 4) is 17.6 Å². The van der Waals surface area contributed by atoms with E-state index in [-0.39, 0.29) is 29.3 Å². The molecule has 1 aliphatic heterocycles. The maximum Gasteiger partial charge on any atom is 0.416 e. The highest BCUT2D eigenvalue weighted by Crippen LogP contribution is 2.48. The molecule has 1 aliphatic carbocycles. The van der Waals surface area contributed by atoms with Gasteiger partial charge < -0.3 is 19.9 Å². The number of carbonyl (C=O) groups excluding carboxylic acids is 1. The first-order valence-electron chi connectivity index (χ1n) is 11.2. The van der Waals surface area contributed by atoms with Crippen molar-refractivity contribution in [3.05, 3.63) is 81.9 Å². The fraction of sp³-hybridized carbons (Fsp3) is 0.333. The number of allylic oxidation sites excluding steroid dienone is 3. The van der Waals surface area contributed by atoms with E-state index < -0.39 is 17.7 Å². The van der Waals surface area contributed by atoms with Crippen LogP contribution < -0.4 is 15.2 Å². The van der Waals surface area contributed by atoms with Crippen LogP contribution in [-0.4, -0.2) is 12.9 Å². The van der Waals surface area contributed by atoms with Crippen LogP contribution in [0.25, 0.3) is 0 Å². The molecule has 4 rings (SSSR count). The lowest BCUT2D eigenvalue weighted by atomic mass is 9.70. The number of ketones is 1. The van der Waals surface area contributed by atoms with Gasteiger partial charge in [-0.3, -0.25) is 4.79 Å². The number of hydrogen-bond acceptors (Lipinski definition) is 6. The highest BCUT2D eigenvalue weighted by molar-refractivity contribution is 6.00. The van der Waals surface area contributed by atoms with Crippen LogP contribution >= 0.6 is 0 Å². The fourth-order valence-electron chi connectivity index (χ4n) is 4.60. The molecule has 0 saturated carbocycles. The topological polar surface area (TPSA) is 94.6 Å². The Labute approximate surface area is 206 Å². The molecular weight excluding hydrogens is 473 g/mol. The minimum absolute atomic E-state index is 0.0458. The molecule has 1 unspecified atom stereocenters. The van der Waals surface area contributed by atoms with Gasteiger partial charge in [-0.15, -0.1) is 0 Å². The molecule has 1 atom stereocenters. The Hall–Kier alpha value is -3.93. The van der Waals surface area contributed by atoms with Gasteiger partial charge in [0, 0.05) is 18.4 Å². The molecule has 1 heterocycles. The molecule has 188 valence electrons. The first-order valence-corrected chi connectivity index (χ1v) is 11.2. The summed E-state index contributed by atoms with van der Waals surface area (Å²) in [6, 6.07) is 11.9. The fourth-order valence-corrected chi connectivity index (χ4v) is 4.60. The van der Waals surface area contributed by atoms with Crippen molar-refractivity contribution in [3.63, 3.8) is 0 Å². The molecule has 0 radical (unpaired) electrons. The van der Waals surface area contributed by atoms with Crippen LogP contribution in [0.5, 0.6) is 11.5 Å². The molecule has 0 bridgehead atoms. The third kappa shape index (κ3) is 4.89. The highest BCUT2D eigenvalue weighted by atomic mass is 19.4. The number of rotatable bonds is 5. The first-order chi connectivity index (χ1) is 16.9. The lowest BCUT2D eigenvalue weighted by Gasteiger charge is -2.37. The molecule has 2 aliphatic rings. The molecule has 6 nitrogen and oxygen atoms in total. The number of benzene rings is 2. The third-order valence-electron chi connectivity index (χ3n) is 6.25. The summed E-state index contributed by atoms with van der Waals surface area (Å²) in [5.74, 6) is 0.167. The number of halogens is 3. The summed E-state index contributed by atoms with van der Waals surface area (Å²) in [5.41, 5.74) is 6.46. The number of methoxy groups -OCH3 is 1. The van der Waals surface area contributed by atoms with Crippen LogP contribution in [0.3, 0.4) is 0 Å². The van der Waals surface area contributed by atoms with E-state index in [4.69, 9.17) is 19.9 Å². The number of nitrogens with two attached hydrogens (primary N) is 1. The summed E-state index contributed by atoms with van der Waals surface area (Å²) >= 11 is 0. The maximum absolute atomic E-state index is 13.1. The molecule has 0 saturated heterocycles. The zero-order valence-electron chi connectivity index (χ0n) is 20.0. The third-order valence-corrected chi connectivity index (χ3v) is 6.25. The summed E-state index contributed by atoms with van der Waals surface area (Å²) in [5, 5.41) is 9.81. The predicted octanol–water partition coefficient (Wildman–Crippen LogP) is 5.74. The Morgan fingerprint density at radius 1 is 1.17 bits per heavy atom. The first kappa shape index (κ1) is 25.2. The highest BCUT2D eigenvalue weighted by Gasteiger charge is 2.43. The molecule has 2 N–H and O–H groups in total. The van der Waals surface area contributed by atoms with E-state index in [1.807, 2.05) is 13.8 Å². The largest absolute Gasteiger partial charge is 0.493 e. The van der Waals surface area contributed by atoms with Gasteiger partial charge in [0.15, 0.2) is 17.3 Å². The Balaban J connectivity index is 1.66. The van der Waals surface area contributed by atoms with E-state index in [0.29, 0.717) is 46.8 Å². The number of nitriles is 1. The second-order valence-corrected chi connectivity index (χ2v) is 9.60. The zero-order valence-corrected chi connectivity index (χ0v) is 20.0. The van der Waals surface area contributed by atoms with Gasteiger partial charge in [0.1, 0.15) is 24.0 Å². The molecule has 2 aromatic carbocycles. The molecule has 0 aromatic heterocycles. The van der Waals surface area contributed by atoms with Gasteiger partial charge in [0.2, 0.25) is 5.88 Å². The summed E-state index contributed by atoms with van der Waals surface area (Å²) in [7, 11) is 1.43. The summed E-state index contributed by atoms with van der Waals surface area (Å²) in [6.45, 7) is 3.81. The van der Waals surface area contributed by atoms with Crippen LogP contribution in [-0.2, 0) is 22.3 Å². The van der Waals surface area contributed by atoms with Gasteiger partial charge in [-0.2, -0.15) is 18.4 Å². The van der Waals surface area contributed by atoms with Gasteiger partial charge >= 0.3 is 6.18 Å². The van der Waals surface area contributed by atoms with Gasteiger partial charge in [0.25, 0.3) is 0 Å². The second kappa shape index (κ2) is 9.26. The zero-order chi connectivity index (χ0) is 26.3. The minimum atomic E-state index is -4.45. The number of hydrogen-bond donors (Lipinski definition) is 1. The van der Waals surface area contributed by atoms with E-state index in [0.717, 1.165) is 12.1 Å². The molecule has 36 heavy (non-hydrogen) atoms. The lowest BCUT2D eigenvalue weighted by molar-refractivity contribution is -0.137. The van der Waals surface area contributed by atoms with Crippen molar-refractivity contribution >= 4 is 5.78 Å². The van der Waals surface area contributed by atoms with Gasteiger partial charge in [-0.25, -0.2) is 0 Å². The van der Waals surface area contributed by atoms with Crippen molar-refractivity contribution in [2.24, 2.45) is 11.1 Å². The molecule has 0 amide bonds. The van der Waals surface area contributed by atoms with Crippen LogP contribution in [0.15, 0.2) is 65.3 Å². The standard InChI is InChI=1S/C27H25F3N2O4/c1-26(2)11-19(33)24-22(12-26)36-25(32)18(13-31)23(24)16-7-8-20(21(10-16)34-3)35-14-15-5-4-6-17(9-15)27(28,29)30/h4-10,23H,11-12,14,32H2,1-3H3. The normalized spacial score (nSPS) is 19.4. The van der Waals surface area contributed by atoms with E-state index in [1.54, 1.807) is 18.2 Å². The van der Waals surface area contributed by atoms with Gasteiger partial charge in [-0.1, -0.05) is 32.0 Å². The number of alkyl halides is 3. The SMILES string of the molecule is COc1cc(C2C(C#N)=C(N)OC3=C2C(=O)CC(C)(C)C3)ccc1OCc1cccc(C(F)(F)F)c1. The molecule has 0 fully saturated rings. The van der Waals surface area contributed by atoms with Crippen LogP contribution in [0.1, 0.15) is 49.3 Å². The smallest absolute Gasteiger partial charge is 0.416 e. The van der Waals surface area contributed by atoms with Crippen molar-refractivity contribution in [1.82, 2.24) is 0 Å². The Morgan fingerprint density at radius 2 is 1.92 bits per heavy atom. The van der Waals surface area contributed by atoms with E-state index in [9.17, 15) is 23.2 Å². The maximum atomic E-state index is 13.1. The Kier molecular flexibility index (Phi) is 6.48. The Morgan fingerprint density at radius 3 is 2.58 bits per heavy atom. The van der Waals surface area contributed by atoms with Crippen LogP contribution in [0.4, 0.5) is 13.2 Å². The van der Waals surface area contributed by atoms with E-state index >= 15 is 0 Å². The number of carbonyl (C=O) groups is 1. The Bertz CT molecular complexity index is 1320. The van der Waals surface area contributed by atoms with Gasteiger partial charge in [0.05, 0.1) is 18.6 Å². The predicted molar refractivity (Wildman–Crippen MR) is 124 cm³/mol. The average Bonchev–Trinajstić information content (AvgIpc) is 2.80. The number of ether oxygens (including phenoxy) is 3. The van der Waals surface area contributed by atoms with Crippen LogP contribution in [0.2, 0.25) is 0 Å². The minimum Gasteiger partial charge on any atom is -0.493 e. The average molecular weight is 499 g/mol. The monoisotopic (exact) mass is 498 g/mol. The van der Waals surface area contributed by atoms with Crippen LogP contribution in [0, 0.1) is 16.7 Å². The van der Waals surface area contributed by atoms with E-state index in [2.05, 4.69) is 6.07 Å². The summed E-state index contributed by atoms with van der Waals surface area (Å²) < 4.78 is 56.0. The lowest BCUT2D eigenvalue weighted by Crippen LogP contribution is -2.33. The summed E-state index contributed by atoms with van der Waals surface area (Å²) in [4.78, 5) is 13.1. The molecule has 0 spiro atoms.